The summed E-state index contributed by atoms with van der Waals surface area (Å²) >= 11 is 3.44. The number of hydrogen-bond donors (Lipinski definition) is 3. The van der Waals surface area contributed by atoms with Crippen molar-refractivity contribution in [2.24, 2.45) is 0 Å². The van der Waals surface area contributed by atoms with E-state index in [1.54, 1.807) is 18.2 Å². The molecule has 0 radical (unpaired) electrons. The molecule has 2 aromatic carbocycles. The van der Waals surface area contributed by atoms with Gasteiger partial charge in [-0.3, -0.25) is 19.9 Å². The number of rotatable bonds is 5. The van der Waals surface area contributed by atoms with E-state index in [-0.39, 0.29) is 10.6 Å². The van der Waals surface area contributed by atoms with Crippen molar-refractivity contribution in [3.8, 4) is 5.75 Å². The number of piperazine rings is 1. The number of nitrogens with zero attached hydrogens (tertiary/aromatic N) is 3. The van der Waals surface area contributed by atoms with Gasteiger partial charge in [0.2, 0.25) is 0 Å². The lowest BCUT2D eigenvalue weighted by atomic mass is 10.1. The van der Waals surface area contributed by atoms with Crippen LogP contribution in [-0.4, -0.2) is 68.2 Å². The van der Waals surface area contributed by atoms with E-state index in [1.165, 1.54) is 0 Å². The molecule has 11 heteroatoms. The minimum absolute atomic E-state index is 0.127. The van der Waals surface area contributed by atoms with Crippen LogP contribution in [0.15, 0.2) is 46.9 Å². The highest BCUT2D eigenvalue weighted by Crippen LogP contribution is 2.24. The largest absolute Gasteiger partial charge is 0.508 e. The zero-order chi connectivity index (χ0) is 23.0. The van der Waals surface area contributed by atoms with E-state index in [0.29, 0.717) is 5.75 Å². The summed E-state index contributed by atoms with van der Waals surface area (Å²) < 4.78 is 0.970. The number of aromatic hydroxyl groups is 1. The monoisotopic (exact) mass is 495 g/mol. The zero-order valence-corrected chi connectivity index (χ0v) is 18.1. The van der Waals surface area contributed by atoms with Gasteiger partial charge in [-0.05, 0) is 23.8 Å². The van der Waals surface area contributed by atoms with Crippen molar-refractivity contribution in [3.05, 3.63) is 68.2 Å². The minimum atomic E-state index is -1.82. The number of phenols is 1. The van der Waals surface area contributed by atoms with E-state index < -0.39 is 11.9 Å². The maximum atomic E-state index is 10.7. The Kier molecular flexibility index (Phi) is 8.91. The number of nitro groups is 1. The molecular formula is C20H22BrN3O7. The van der Waals surface area contributed by atoms with Crippen molar-refractivity contribution >= 4 is 33.6 Å². The molecule has 0 bridgehead atoms. The Bertz CT molecular complexity index is 917. The van der Waals surface area contributed by atoms with Crippen LogP contribution in [0.2, 0.25) is 0 Å². The van der Waals surface area contributed by atoms with Crippen LogP contribution in [0, 0.1) is 10.1 Å². The number of carboxylic acid groups (broad SMARTS) is 2. The van der Waals surface area contributed by atoms with Crippen molar-refractivity contribution in [1.29, 1.82) is 0 Å². The number of benzene rings is 2. The minimum Gasteiger partial charge on any atom is -0.508 e. The van der Waals surface area contributed by atoms with E-state index in [1.807, 2.05) is 24.3 Å². The van der Waals surface area contributed by atoms with E-state index in [9.17, 15) is 15.2 Å². The average Bonchev–Trinajstić information content (AvgIpc) is 2.73. The van der Waals surface area contributed by atoms with Gasteiger partial charge in [-0.1, -0.05) is 28.1 Å². The van der Waals surface area contributed by atoms with Gasteiger partial charge in [-0.15, -0.1) is 0 Å². The predicted octanol–water partition coefficient (Wildman–Crippen LogP) is 2.54. The van der Waals surface area contributed by atoms with Gasteiger partial charge in [0.15, 0.2) is 0 Å². The Morgan fingerprint density at radius 3 is 1.94 bits per heavy atom. The molecule has 0 aliphatic carbocycles. The second kappa shape index (κ2) is 11.4. The van der Waals surface area contributed by atoms with Gasteiger partial charge in [-0.25, -0.2) is 9.59 Å². The number of phenolic OH excluding ortho intramolecular Hbond substituents is 1. The first-order valence-corrected chi connectivity index (χ1v) is 10.1. The van der Waals surface area contributed by atoms with Gasteiger partial charge >= 0.3 is 11.9 Å². The molecule has 0 saturated carbocycles. The first kappa shape index (κ1) is 24.3. The Morgan fingerprint density at radius 2 is 1.45 bits per heavy atom. The smallest absolute Gasteiger partial charge is 0.414 e. The number of carboxylic acids is 2. The molecule has 0 spiro atoms. The molecule has 31 heavy (non-hydrogen) atoms. The van der Waals surface area contributed by atoms with Gasteiger partial charge in [0.25, 0.3) is 5.69 Å². The molecule has 1 aliphatic rings. The zero-order valence-electron chi connectivity index (χ0n) is 16.5. The standard InChI is InChI=1S/C18H20BrN3O3.C2H2O4/c19-16-3-6-18(23)15(11-16)13-21-9-7-20(8-10-21)12-14-1-4-17(5-2-14)22(24)25;3-1(4)2(5)6/h1-6,11,23H,7-10,12-13H2;(H,3,4)(H,5,6). The molecule has 3 rings (SSSR count). The van der Waals surface area contributed by atoms with Gasteiger partial charge in [-0.2, -0.15) is 0 Å². The topological polar surface area (TPSA) is 144 Å². The van der Waals surface area contributed by atoms with E-state index in [2.05, 4.69) is 25.7 Å². The number of nitro benzene ring substituents is 1. The van der Waals surface area contributed by atoms with Gasteiger partial charge in [0.1, 0.15) is 5.75 Å². The highest BCUT2D eigenvalue weighted by atomic mass is 79.9. The summed E-state index contributed by atoms with van der Waals surface area (Å²) in [5, 5.41) is 35.5. The number of halogens is 1. The molecular weight excluding hydrogens is 474 g/mol. The van der Waals surface area contributed by atoms with E-state index in [0.717, 1.165) is 54.9 Å². The van der Waals surface area contributed by atoms with Crippen LogP contribution in [0.1, 0.15) is 11.1 Å². The van der Waals surface area contributed by atoms with Crippen LogP contribution in [0.4, 0.5) is 5.69 Å². The Morgan fingerprint density at radius 1 is 0.935 bits per heavy atom. The normalized spacial score (nSPS) is 14.4. The fourth-order valence-corrected chi connectivity index (χ4v) is 3.42. The molecule has 0 unspecified atom stereocenters. The Hall–Kier alpha value is -3.02. The average molecular weight is 496 g/mol. The van der Waals surface area contributed by atoms with Crippen molar-refractivity contribution in [3.63, 3.8) is 0 Å². The molecule has 1 heterocycles. The fourth-order valence-electron chi connectivity index (χ4n) is 3.01. The molecule has 1 aliphatic heterocycles. The first-order chi connectivity index (χ1) is 14.7. The lowest BCUT2D eigenvalue weighted by Gasteiger charge is -2.34. The summed E-state index contributed by atoms with van der Waals surface area (Å²) in [4.78, 5) is 33.2. The van der Waals surface area contributed by atoms with Crippen LogP contribution < -0.4 is 0 Å². The predicted molar refractivity (Wildman–Crippen MR) is 115 cm³/mol. The number of aliphatic carboxylic acids is 2. The lowest BCUT2D eigenvalue weighted by molar-refractivity contribution is -0.384. The van der Waals surface area contributed by atoms with Crippen molar-refractivity contribution in [2.45, 2.75) is 13.1 Å². The van der Waals surface area contributed by atoms with Crippen LogP contribution in [0.25, 0.3) is 0 Å². The molecule has 3 N–H and O–H groups in total. The molecule has 1 fully saturated rings. The van der Waals surface area contributed by atoms with Gasteiger partial charge in [0, 0.05) is 61.4 Å². The van der Waals surface area contributed by atoms with E-state index in [4.69, 9.17) is 19.8 Å². The Balaban J connectivity index is 0.000000501. The first-order valence-electron chi connectivity index (χ1n) is 9.27. The molecule has 0 aromatic heterocycles. The van der Waals surface area contributed by atoms with E-state index >= 15 is 0 Å². The highest BCUT2D eigenvalue weighted by Gasteiger charge is 2.18. The summed E-state index contributed by atoms with van der Waals surface area (Å²) in [6.45, 7) is 5.26. The molecule has 10 nitrogen and oxygen atoms in total. The molecule has 2 aromatic rings. The third kappa shape index (κ3) is 7.96. The summed E-state index contributed by atoms with van der Waals surface area (Å²) in [5.41, 5.74) is 2.14. The maximum absolute atomic E-state index is 10.7. The van der Waals surface area contributed by atoms with Crippen molar-refractivity contribution < 1.29 is 29.8 Å². The summed E-state index contributed by atoms with van der Waals surface area (Å²) in [6, 6.07) is 12.3. The fraction of sp³-hybridized carbons (Fsp3) is 0.300. The number of hydrogen-bond acceptors (Lipinski definition) is 7. The summed E-state index contributed by atoms with van der Waals surface area (Å²) in [6.07, 6.45) is 0. The third-order valence-electron chi connectivity index (χ3n) is 4.64. The third-order valence-corrected chi connectivity index (χ3v) is 5.13. The van der Waals surface area contributed by atoms with Crippen LogP contribution >= 0.6 is 15.9 Å². The summed E-state index contributed by atoms with van der Waals surface area (Å²) in [7, 11) is 0. The maximum Gasteiger partial charge on any atom is 0.414 e. The Labute approximate surface area is 186 Å². The second-order valence-corrected chi connectivity index (χ2v) is 7.77. The SMILES string of the molecule is O=C(O)C(=O)O.O=[N+]([O-])c1ccc(CN2CCN(Cc3cc(Br)ccc3O)CC2)cc1. The van der Waals surface area contributed by atoms with Crippen LogP contribution in [-0.2, 0) is 22.7 Å². The van der Waals surface area contributed by atoms with Crippen molar-refractivity contribution in [1.82, 2.24) is 9.80 Å². The van der Waals surface area contributed by atoms with Gasteiger partial charge < -0.3 is 15.3 Å². The number of non-ortho nitro benzene ring substituents is 1. The summed E-state index contributed by atoms with van der Waals surface area (Å²) in [5.74, 6) is -3.32. The van der Waals surface area contributed by atoms with Crippen LogP contribution in [0.3, 0.4) is 0 Å². The van der Waals surface area contributed by atoms with Crippen molar-refractivity contribution in [2.75, 3.05) is 26.2 Å². The van der Waals surface area contributed by atoms with Gasteiger partial charge in [0.05, 0.1) is 4.92 Å². The lowest BCUT2D eigenvalue weighted by Crippen LogP contribution is -2.45. The number of carbonyl (C=O) groups is 2. The second-order valence-electron chi connectivity index (χ2n) is 6.86. The molecule has 1 saturated heterocycles. The highest BCUT2D eigenvalue weighted by molar-refractivity contribution is 9.10. The van der Waals surface area contributed by atoms with Crippen LogP contribution in [0.5, 0.6) is 5.75 Å². The molecule has 0 amide bonds. The molecule has 0 atom stereocenters. The quantitative estimate of drug-likeness (QED) is 0.323. The molecule has 166 valence electrons.